The minimum absolute atomic E-state index is 0.246. The molecule has 0 aliphatic carbocycles. The van der Waals surface area contributed by atoms with Gasteiger partial charge in [0.25, 0.3) is 0 Å². The molecule has 0 spiro atoms. The molecule has 1 aliphatic rings. The molecule has 1 fully saturated rings. The van der Waals surface area contributed by atoms with Crippen LogP contribution < -0.4 is 10.6 Å². The van der Waals surface area contributed by atoms with Crippen LogP contribution in [-0.4, -0.2) is 34.8 Å². The van der Waals surface area contributed by atoms with Crippen LogP contribution >= 0.6 is 22.6 Å². The predicted octanol–water partition coefficient (Wildman–Crippen LogP) is 2.39. The predicted molar refractivity (Wildman–Crippen MR) is 88.5 cm³/mol. The summed E-state index contributed by atoms with van der Waals surface area (Å²) in [5.41, 5.74) is 6.63. The Labute approximate surface area is 136 Å². The van der Waals surface area contributed by atoms with Crippen LogP contribution in [0.5, 0.6) is 0 Å². The molecule has 7 heteroatoms. The summed E-state index contributed by atoms with van der Waals surface area (Å²) >= 11 is 2.10. The minimum Gasteiger partial charge on any atom is -0.339 e. The van der Waals surface area contributed by atoms with E-state index in [0.29, 0.717) is 24.2 Å². The lowest BCUT2D eigenvalue weighted by Crippen LogP contribution is -2.38. The van der Waals surface area contributed by atoms with E-state index in [-0.39, 0.29) is 5.82 Å². The van der Waals surface area contributed by atoms with E-state index in [1.54, 1.807) is 6.07 Å². The largest absolute Gasteiger partial charge is 0.339 e. The molecule has 21 heavy (non-hydrogen) atoms. The molecule has 1 aromatic carbocycles. The molecule has 3 N–H and O–H groups in total. The Hall–Kier alpha value is -1.22. The standard InChI is InChI=1S/C14H17FIN5/c15-10-3-4-11(12(16)6-10)13-18-14(20-19-13)21-5-1-2-9(7-17)8-21/h3-4,6,9H,1-2,5,7-8,17H2,(H,18,19,20). The van der Waals surface area contributed by atoms with Gasteiger partial charge < -0.3 is 10.6 Å². The Bertz CT molecular complexity index is 630. The van der Waals surface area contributed by atoms with Gasteiger partial charge in [0.05, 0.1) is 0 Å². The van der Waals surface area contributed by atoms with E-state index < -0.39 is 0 Å². The van der Waals surface area contributed by atoms with Crippen molar-refractivity contribution < 1.29 is 4.39 Å². The average Bonchev–Trinajstić information content (AvgIpc) is 2.97. The fraction of sp³-hybridized carbons (Fsp3) is 0.429. The van der Waals surface area contributed by atoms with Gasteiger partial charge >= 0.3 is 0 Å². The quantitative estimate of drug-likeness (QED) is 0.776. The van der Waals surface area contributed by atoms with Crippen molar-refractivity contribution in [1.82, 2.24) is 15.2 Å². The first-order chi connectivity index (χ1) is 10.2. The minimum atomic E-state index is -0.246. The summed E-state index contributed by atoms with van der Waals surface area (Å²) in [5, 5.41) is 7.25. The number of piperidine rings is 1. The van der Waals surface area contributed by atoms with Gasteiger partial charge in [0.1, 0.15) is 5.82 Å². The van der Waals surface area contributed by atoms with Crippen LogP contribution in [0, 0.1) is 15.3 Å². The number of nitrogens with one attached hydrogen (secondary N) is 1. The molecule has 1 unspecified atom stereocenters. The van der Waals surface area contributed by atoms with Crippen LogP contribution in [0.25, 0.3) is 11.4 Å². The van der Waals surface area contributed by atoms with Crippen LogP contribution in [0.15, 0.2) is 18.2 Å². The summed E-state index contributed by atoms with van der Waals surface area (Å²) < 4.78 is 14.0. The summed E-state index contributed by atoms with van der Waals surface area (Å²) in [7, 11) is 0. The van der Waals surface area contributed by atoms with Crippen molar-refractivity contribution in [3.8, 4) is 11.4 Å². The molecule has 1 aromatic heterocycles. The maximum atomic E-state index is 13.2. The zero-order chi connectivity index (χ0) is 14.8. The zero-order valence-electron chi connectivity index (χ0n) is 11.5. The van der Waals surface area contributed by atoms with E-state index in [1.165, 1.54) is 18.6 Å². The average molecular weight is 401 g/mol. The first-order valence-electron chi connectivity index (χ1n) is 7.00. The highest BCUT2D eigenvalue weighted by Crippen LogP contribution is 2.26. The highest BCUT2D eigenvalue weighted by Gasteiger charge is 2.22. The molecule has 0 amide bonds. The van der Waals surface area contributed by atoms with Crippen molar-refractivity contribution in [2.75, 3.05) is 24.5 Å². The van der Waals surface area contributed by atoms with Crippen molar-refractivity contribution in [2.24, 2.45) is 11.7 Å². The number of aromatic nitrogens is 3. The van der Waals surface area contributed by atoms with Gasteiger partial charge in [-0.2, -0.15) is 4.98 Å². The fourth-order valence-corrected chi connectivity index (χ4v) is 3.37. The van der Waals surface area contributed by atoms with E-state index in [9.17, 15) is 4.39 Å². The van der Waals surface area contributed by atoms with E-state index in [4.69, 9.17) is 5.73 Å². The Balaban J connectivity index is 1.83. The van der Waals surface area contributed by atoms with Gasteiger partial charge in [-0.1, -0.05) is 0 Å². The lowest BCUT2D eigenvalue weighted by atomic mass is 9.99. The Morgan fingerprint density at radius 3 is 3.10 bits per heavy atom. The number of benzene rings is 1. The number of nitrogens with two attached hydrogens (primary N) is 1. The number of nitrogens with zero attached hydrogens (tertiary/aromatic N) is 3. The van der Waals surface area contributed by atoms with Crippen LogP contribution in [-0.2, 0) is 0 Å². The van der Waals surface area contributed by atoms with Crippen LogP contribution in [0.1, 0.15) is 12.8 Å². The summed E-state index contributed by atoms with van der Waals surface area (Å²) in [6.07, 6.45) is 2.28. The molecule has 1 aliphatic heterocycles. The molecule has 0 saturated carbocycles. The summed E-state index contributed by atoms with van der Waals surface area (Å²) in [6, 6.07) is 4.65. The second-order valence-corrected chi connectivity index (χ2v) is 6.46. The molecule has 3 rings (SSSR count). The number of hydrogen-bond donors (Lipinski definition) is 2. The van der Waals surface area contributed by atoms with Crippen LogP contribution in [0.2, 0.25) is 0 Å². The fourth-order valence-electron chi connectivity index (χ4n) is 2.64. The Morgan fingerprint density at radius 1 is 1.48 bits per heavy atom. The SMILES string of the molecule is NCC1CCCN(c2n[nH]c(-c3ccc(F)cc3I)n2)C1. The highest BCUT2D eigenvalue weighted by molar-refractivity contribution is 14.1. The number of H-pyrrole nitrogens is 1. The van der Waals surface area contributed by atoms with Crippen LogP contribution in [0.4, 0.5) is 10.3 Å². The normalized spacial score (nSPS) is 19.0. The van der Waals surface area contributed by atoms with Gasteiger partial charge in [-0.05, 0) is 66.1 Å². The van der Waals surface area contributed by atoms with Crippen LogP contribution in [0.3, 0.4) is 0 Å². The second-order valence-electron chi connectivity index (χ2n) is 5.30. The number of halogens is 2. The molecule has 0 radical (unpaired) electrons. The first kappa shape index (κ1) is 14.7. The van der Waals surface area contributed by atoms with E-state index >= 15 is 0 Å². The molecule has 0 bridgehead atoms. The van der Waals surface area contributed by atoms with E-state index in [2.05, 4.69) is 42.7 Å². The molecule has 2 aromatic rings. The maximum Gasteiger partial charge on any atom is 0.245 e. The summed E-state index contributed by atoms with van der Waals surface area (Å²) in [4.78, 5) is 6.72. The van der Waals surface area contributed by atoms with Crippen molar-refractivity contribution in [2.45, 2.75) is 12.8 Å². The third-order valence-electron chi connectivity index (χ3n) is 3.80. The number of rotatable bonds is 3. The molecular weight excluding hydrogens is 384 g/mol. The Morgan fingerprint density at radius 2 is 2.33 bits per heavy atom. The topological polar surface area (TPSA) is 70.8 Å². The van der Waals surface area contributed by atoms with Crippen molar-refractivity contribution in [1.29, 1.82) is 0 Å². The highest BCUT2D eigenvalue weighted by atomic mass is 127. The van der Waals surface area contributed by atoms with Gasteiger partial charge in [-0.25, -0.2) is 4.39 Å². The molecule has 112 valence electrons. The monoisotopic (exact) mass is 401 g/mol. The summed E-state index contributed by atoms with van der Waals surface area (Å²) in [6.45, 7) is 2.55. The third-order valence-corrected chi connectivity index (χ3v) is 4.69. The lowest BCUT2D eigenvalue weighted by molar-refractivity contribution is 0.420. The smallest absolute Gasteiger partial charge is 0.245 e. The number of hydrogen-bond acceptors (Lipinski definition) is 4. The number of aromatic amines is 1. The second kappa shape index (κ2) is 6.27. The lowest BCUT2D eigenvalue weighted by Gasteiger charge is -2.31. The van der Waals surface area contributed by atoms with Gasteiger partial charge in [0.2, 0.25) is 5.95 Å². The molecular formula is C14H17FIN5. The maximum absolute atomic E-state index is 13.2. The summed E-state index contributed by atoms with van der Waals surface area (Å²) in [5.74, 6) is 1.63. The third kappa shape index (κ3) is 3.18. The molecule has 5 nitrogen and oxygen atoms in total. The van der Waals surface area contributed by atoms with E-state index in [0.717, 1.165) is 28.6 Å². The van der Waals surface area contributed by atoms with Crippen molar-refractivity contribution in [3.63, 3.8) is 0 Å². The van der Waals surface area contributed by atoms with Gasteiger partial charge in [0, 0.05) is 22.2 Å². The zero-order valence-corrected chi connectivity index (χ0v) is 13.7. The van der Waals surface area contributed by atoms with Gasteiger partial charge in [-0.15, -0.1) is 5.10 Å². The van der Waals surface area contributed by atoms with Crippen molar-refractivity contribution >= 4 is 28.5 Å². The molecule has 1 atom stereocenters. The Kier molecular flexibility index (Phi) is 4.39. The van der Waals surface area contributed by atoms with E-state index in [1.807, 2.05) is 0 Å². The van der Waals surface area contributed by atoms with Crippen molar-refractivity contribution in [3.05, 3.63) is 27.6 Å². The molecule has 2 heterocycles. The first-order valence-corrected chi connectivity index (χ1v) is 8.08. The van der Waals surface area contributed by atoms with Gasteiger partial charge in [0.15, 0.2) is 5.82 Å². The van der Waals surface area contributed by atoms with Gasteiger partial charge in [-0.3, -0.25) is 5.10 Å². The number of anilines is 1. The molecule has 1 saturated heterocycles.